The van der Waals surface area contributed by atoms with Crippen LogP contribution in [0, 0.1) is 13.8 Å². The van der Waals surface area contributed by atoms with Crippen LogP contribution in [-0.2, 0) is 0 Å². The molecule has 2 unspecified atom stereocenters. The zero-order valence-electron chi connectivity index (χ0n) is 10.8. The molecule has 0 aliphatic carbocycles. The lowest BCUT2D eigenvalue weighted by atomic mass is 9.97. The Hall–Kier alpha value is -0.120. The maximum atomic E-state index is 3.51. The Morgan fingerprint density at radius 2 is 2.12 bits per heavy atom. The Morgan fingerprint density at radius 3 is 2.71 bits per heavy atom. The molecule has 3 heteroatoms. The summed E-state index contributed by atoms with van der Waals surface area (Å²) in [5.74, 6) is 3.87. The molecule has 0 radical (unpaired) electrons. The summed E-state index contributed by atoms with van der Waals surface area (Å²) in [6, 6.07) is 7.31. The van der Waals surface area contributed by atoms with Gasteiger partial charge in [-0.05, 0) is 32.0 Å². The zero-order valence-corrected chi connectivity index (χ0v) is 12.5. The Kier molecular flexibility index (Phi) is 4.83. The average Bonchev–Trinajstić information content (AvgIpc) is 2.34. The van der Waals surface area contributed by atoms with Gasteiger partial charge in [0.05, 0.1) is 0 Å². The van der Waals surface area contributed by atoms with Crippen LogP contribution in [0.4, 0.5) is 0 Å². The van der Waals surface area contributed by atoms with Gasteiger partial charge in [-0.3, -0.25) is 0 Å². The summed E-state index contributed by atoms with van der Waals surface area (Å²) in [5.41, 5.74) is 4.24. The Morgan fingerprint density at radius 1 is 1.29 bits per heavy atom. The molecule has 0 aromatic heterocycles. The molecule has 1 aliphatic rings. The molecule has 1 nitrogen and oxygen atoms in total. The normalized spacial score (nSPS) is 22.4. The predicted molar refractivity (Wildman–Crippen MR) is 81.3 cm³/mol. The third kappa shape index (κ3) is 3.21. The van der Waals surface area contributed by atoms with Gasteiger partial charge in [0.2, 0.25) is 0 Å². The van der Waals surface area contributed by atoms with Gasteiger partial charge in [0.25, 0.3) is 0 Å². The van der Waals surface area contributed by atoms with E-state index >= 15 is 0 Å². The van der Waals surface area contributed by atoms with E-state index in [0.29, 0.717) is 11.3 Å². The zero-order chi connectivity index (χ0) is 12.3. The first kappa shape index (κ1) is 13.3. The van der Waals surface area contributed by atoms with Crippen LogP contribution in [0.25, 0.3) is 0 Å². The van der Waals surface area contributed by atoms with Gasteiger partial charge in [-0.2, -0.15) is 23.5 Å². The highest BCUT2D eigenvalue weighted by Crippen LogP contribution is 2.34. The molecule has 17 heavy (non-hydrogen) atoms. The summed E-state index contributed by atoms with van der Waals surface area (Å²) in [4.78, 5) is 0. The first-order chi connectivity index (χ1) is 8.22. The van der Waals surface area contributed by atoms with Crippen LogP contribution >= 0.6 is 23.5 Å². The summed E-state index contributed by atoms with van der Waals surface area (Å²) in [6.45, 7) is 4.39. The third-order valence-corrected chi connectivity index (χ3v) is 6.15. The van der Waals surface area contributed by atoms with Gasteiger partial charge in [0.1, 0.15) is 0 Å². The minimum atomic E-state index is 0.494. The van der Waals surface area contributed by atoms with E-state index in [-0.39, 0.29) is 0 Å². The number of hydrogen-bond donors (Lipinski definition) is 1. The first-order valence-corrected chi connectivity index (χ1v) is 8.36. The molecular formula is C14H21NS2. The molecule has 2 atom stereocenters. The average molecular weight is 267 g/mol. The van der Waals surface area contributed by atoms with Crippen molar-refractivity contribution in [2.45, 2.75) is 25.1 Å². The third-order valence-electron chi connectivity index (χ3n) is 3.28. The molecule has 1 aromatic carbocycles. The molecule has 1 aromatic rings. The number of thioether (sulfide) groups is 2. The van der Waals surface area contributed by atoms with Crippen molar-refractivity contribution in [2.75, 3.05) is 24.3 Å². The van der Waals surface area contributed by atoms with E-state index in [2.05, 4.69) is 67.9 Å². The molecule has 1 saturated heterocycles. The minimum Gasteiger partial charge on any atom is -0.312 e. The maximum absolute atomic E-state index is 3.51. The molecule has 1 N–H and O–H groups in total. The molecule has 1 heterocycles. The highest BCUT2D eigenvalue weighted by Gasteiger charge is 2.25. The quantitative estimate of drug-likeness (QED) is 0.901. The van der Waals surface area contributed by atoms with Gasteiger partial charge in [0.15, 0.2) is 0 Å². The van der Waals surface area contributed by atoms with Crippen molar-refractivity contribution in [1.82, 2.24) is 5.32 Å². The summed E-state index contributed by atoms with van der Waals surface area (Å²) < 4.78 is 0. The van der Waals surface area contributed by atoms with Crippen molar-refractivity contribution >= 4 is 23.5 Å². The maximum Gasteiger partial charge on any atom is 0.0448 e. The number of benzene rings is 1. The molecular weight excluding hydrogens is 246 g/mol. The van der Waals surface area contributed by atoms with E-state index in [1.807, 2.05) is 0 Å². The van der Waals surface area contributed by atoms with Crippen LogP contribution in [0.1, 0.15) is 22.7 Å². The highest BCUT2D eigenvalue weighted by molar-refractivity contribution is 8.06. The van der Waals surface area contributed by atoms with Gasteiger partial charge >= 0.3 is 0 Å². The fraction of sp³-hybridized carbons (Fsp3) is 0.571. The van der Waals surface area contributed by atoms with Crippen LogP contribution in [0.2, 0.25) is 0 Å². The number of hydrogen-bond acceptors (Lipinski definition) is 3. The molecule has 1 aliphatic heterocycles. The second-order valence-electron chi connectivity index (χ2n) is 4.61. The number of nitrogens with one attached hydrogen (secondary N) is 1. The topological polar surface area (TPSA) is 12.0 Å². The minimum absolute atomic E-state index is 0.494. The second kappa shape index (κ2) is 6.17. The first-order valence-electron chi connectivity index (χ1n) is 6.16. The van der Waals surface area contributed by atoms with Crippen molar-refractivity contribution in [3.8, 4) is 0 Å². The van der Waals surface area contributed by atoms with Crippen molar-refractivity contribution in [3.05, 3.63) is 34.9 Å². The van der Waals surface area contributed by atoms with Crippen molar-refractivity contribution in [1.29, 1.82) is 0 Å². The molecule has 1 fully saturated rings. The lowest BCUT2D eigenvalue weighted by Crippen LogP contribution is -2.32. The van der Waals surface area contributed by atoms with Crippen molar-refractivity contribution in [3.63, 3.8) is 0 Å². The standard InChI is InChI=1S/C14H21NS2/c1-10-4-5-12(11(2)8-10)14(15-3)13-9-16-6-7-17-13/h4-5,8,13-15H,6-7,9H2,1-3H3. The van der Waals surface area contributed by atoms with E-state index < -0.39 is 0 Å². The van der Waals surface area contributed by atoms with Crippen LogP contribution in [0.15, 0.2) is 18.2 Å². The SMILES string of the molecule is CNC(c1ccc(C)cc1C)C1CSCCS1. The summed E-state index contributed by atoms with van der Waals surface area (Å²) in [5, 5.41) is 4.22. The second-order valence-corrected chi connectivity index (χ2v) is 7.11. The molecule has 0 spiro atoms. The molecule has 0 bridgehead atoms. The lowest BCUT2D eigenvalue weighted by Gasteiger charge is -2.30. The Balaban J connectivity index is 2.21. The van der Waals surface area contributed by atoms with E-state index in [1.165, 1.54) is 33.9 Å². The van der Waals surface area contributed by atoms with Crippen molar-refractivity contribution in [2.24, 2.45) is 0 Å². The molecule has 0 saturated carbocycles. The van der Waals surface area contributed by atoms with E-state index in [1.54, 1.807) is 0 Å². The molecule has 2 rings (SSSR count). The van der Waals surface area contributed by atoms with Gasteiger partial charge in [-0.15, -0.1) is 0 Å². The predicted octanol–water partition coefficient (Wildman–Crippen LogP) is 3.41. The van der Waals surface area contributed by atoms with Gasteiger partial charge in [-0.25, -0.2) is 0 Å². The van der Waals surface area contributed by atoms with Gasteiger partial charge < -0.3 is 5.32 Å². The van der Waals surface area contributed by atoms with E-state index in [0.717, 1.165) is 0 Å². The molecule has 0 amide bonds. The largest absolute Gasteiger partial charge is 0.312 e. The fourth-order valence-electron chi connectivity index (χ4n) is 2.41. The summed E-state index contributed by atoms with van der Waals surface area (Å²) in [7, 11) is 2.09. The monoisotopic (exact) mass is 267 g/mol. The Labute approximate surface area is 113 Å². The van der Waals surface area contributed by atoms with Crippen LogP contribution in [0.5, 0.6) is 0 Å². The highest BCUT2D eigenvalue weighted by atomic mass is 32.2. The molecule has 94 valence electrons. The van der Waals surface area contributed by atoms with Crippen LogP contribution < -0.4 is 5.32 Å². The Bertz CT molecular complexity index is 372. The number of rotatable bonds is 3. The van der Waals surface area contributed by atoms with Crippen LogP contribution in [-0.4, -0.2) is 29.6 Å². The van der Waals surface area contributed by atoms with Gasteiger partial charge in [0, 0.05) is 28.6 Å². The summed E-state index contributed by atoms with van der Waals surface area (Å²) >= 11 is 4.21. The summed E-state index contributed by atoms with van der Waals surface area (Å²) in [6.07, 6.45) is 0. The fourth-order valence-corrected chi connectivity index (χ4v) is 5.31. The van der Waals surface area contributed by atoms with Crippen LogP contribution in [0.3, 0.4) is 0 Å². The smallest absolute Gasteiger partial charge is 0.0448 e. The lowest BCUT2D eigenvalue weighted by molar-refractivity contribution is 0.589. The van der Waals surface area contributed by atoms with E-state index in [9.17, 15) is 0 Å². The number of aryl methyl sites for hydroxylation is 2. The van der Waals surface area contributed by atoms with Crippen molar-refractivity contribution < 1.29 is 0 Å². The van der Waals surface area contributed by atoms with Gasteiger partial charge in [-0.1, -0.05) is 23.8 Å². The van der Waals surface area contributed by atoms with E-state index in [4.69, 9.17) is 0 Å².